The van der Waals surface area contributed by atoms with Crippen LogP contribution in [0.25, 0.3) is 0 Å². The fourth-order valence-electron chi connectivity index (χ4n) is 1.70. The van der Waals surface area contributed by atoms with E-state index < -0.39 is 15.8 Å². The summed E-state index contributed by atoms with van der Waals surface area (Å²) in [6.45, 7) is 0.504. The summed E-state index contributed by atoms with van der Waals surface area (Å²) in [4.78, 5) is 0.0689. The van der Waals surface area contributed by atoms with Gasteiger partial charge in [-0.2, -0.15) is 11.3 Å². The first-order valence-electron chi connectivity index (χ1n) is 5.96. The Hall–Kier alpha value is -1.28. The Bertz CT molecular complexity index is 670. The van der Waals surface area contributed by atoms with Crippen molar-refractivity contribution in [3.8, 4) is 0 Å². The fourth-order valence-corrected chi connectivity index (χ4v) is 3.44. The number of sulfonamides is 1. The fraction of sp³-hybridized carbons (Fsp3) is 0.231. The van der Waals surface area contributed by atoms with Crippen molar-refractivity contribution >= 4 is 21.4 Å². The van der Waals surface area contributed by atoms with Crippen LogP contribution < -0.4 is 10.0 Å². The number of hydrogen-bond acceptors (Lipinski definition) is 4. The summed E-state index contributed by atoms with van der Waals surface area (Å²) in [5, 5.41) is 6.56. The number of benzene rings is 1. The van der Waals surface area contributed by atoms with Crippen LogP contribution in [0.15, 0.2) is 39.9 Å². The zero-order valence-corrected chi connectivity index (χ0v) is 12.5. The van der Waals surface area contributed by atoms with Gasteiger partial charge < -0.3 is 5.32 Å². The molecule has 0 fully saturated rings. The second kappa shape index (κ2) is 6.45. The van der Waals surface area contributed by atoms with E-state index in [0.717, 1.165) is 5.56 Å². The molecule has 2 aromatic rings. The summed E-state index contributed by atoms with van der Waals surface area (Å²) in [6, 6.07) is 5.64. The lowest BCUT2D eigenvalue weighted by Crippen LogP contribution is -2.23. The van der Waals surface area contributed by atoms with Crippen molar-refractivity contribution in [3.63, 3.8) is 0 Å². The molecular weight excluding hydrogens is 299 g/mol. The normalized spacial score (nSPS) is 11.7. The van der Waals surface area contributed by atoms with Crippen LogP contribution in [0.3, 0.4) is 0 Å². The third kappa shape index (κ3) is 3.63. The molecule has 0 saturated heterocycles. The molecule has 2 rings (SSSR count). The van der Waals surface area contributed by atoms with Crippen LogP contribution in [0, 0.1) is 5.82 Å². The van der Waals surface area contributed by atoms with Crippen LogP contribution in [-0.2, 0) is 23.1 Å². The van der Waals surface area contributed by atoms with E-state index >= 15 is 0 Å². The summed E-state index contributed by atoms with van der Waals surface area (Å²) in [6.07, 6.45) is 0. The largest absolute Gasteiger partial charge is 0.316 e. The summed E-state index contributed by atoms with van der Waals surface area (Å²) in [7, 11) is -1.96. The molecule has 0 unspecified atom stereocenters. The van der Waals surface area contributed by atoms with E-state index in [0.29, 0.717) is 5.56 Å². The van der Waals surface area contributed by atoms with Gasteiger partial charge >= 0.3 is 0 Å². The van der Waals surface area contributed by atoms with Crippen molar-refractivity contribution in [2.75, 3.05) is 7.05 Å². The summed E-state index contributed by atoms with van der Waals surface area (Å²) in [5.41, 5.74) is 1.22. The Balaban J connectivity index is 2.18. The predicted molar refractivity (Wildman–Crippen MR) is 77.5 cm³/mol. The minimum Gasteiger partial charge on any atom is -0.316 e. The van der Waals surface area contributed by atoms with Gasteiger partial charge in [-0.05, 0) is 47.6 Å². The summed E-state index contributed by atoms with van der Waals surface area (Å²) < 4.78 is 40.3. The highest BCUT2D eigenvalue weighted by molar-refractivity contribution is 7.89. The van der Waals surface area contributed by atoms with E-state index in [1.165, 1.54) is 29.5 Å². The van der Waals surface area contributed by atoms with Gasteiger partial charge in [0, 0.05) is 18.7 Å². The molecule has 0 aliphatic heterocycles. The van der Waals surface area contributed by atoms with Crippen molar-refractivity contribution < 1.29 is 12.8 Å². The highest BCUT2D eigenvalue weighted by Gasteiger charge is 2.15. The van der Waals surface area contributed by atoms with Crippen molar-refractivity contribution in [2.45, 2.75) is 18.0 Å². The number of thiophene rings is 1. The molecule has 0 spiro atoms. The predicted octanol–water partition coefficient (Wildman–Crippen LogP) is 2.09. The lowest BCUT2D eigenvalue weighted by molar-refractivity contribution is 0.577. The van der Waals surface area contributed by atoms with Gasteiger partial charge in [-0.15, -0.1) is 0 Å². The molecule has 0 amide bonds. The molecule has 7 heteroatoms. The summed E-state index contributed by atoms with van der Waals surface area (Å²) >= 11 is 1.50. The Kier molecular flexibility index (Phi) is 4.87. The molecule has 108 valence electrons. The topological polar surface area (TPSA) is 58.2 Å². The molecule has 1 aromatic carbocycles. The van der Waals surface area contributed by atoms with Crippen LogP contribution in [-0.4, -0.2) is 15.5 Å². The average molecular weight is 314 g/mol. The quantitative estimate of drug-likeness (QED) is 0.858. The Labute approximate surface area is 121 Å². The van der Waals surface area contributed by atoms with Gasteiger partial charge in [-0.25, -0.2) is 17.5 Å². The van der Waals surface area contributed by atoms with E-state index in [9.17, 15) is 12.8 Å². The van der Waals surface area contributed by atoms with Crippen molar-refractivity contribution in [3.05, 3.63) is 52.0 Å². The maximum Gasteiger partial charge on any atom is 0.240 e. The minimum absolute atomic E-state index is 0.0689. The molecular formula is C13H15FN2O2S2. The zero-order valence-electron chi connectivity index (χ0n) is 10.9. The molecule has 0 bridgehead atoms. The maximum atomic E-state index is 13.5. The van der Waals surface area contributed by atoms with E-state index in [2.05, 4.69) is 10.0 Å². The lowest BCUT2D eigenvalue weighted by atomic mass is 10.2. The summed E-state index contributed by atoms with van der Waals surface area (Å²) in [5.74, 6) is -0.420. The van der Waals surface area contributed by atoms with E-state index in [1.54, 1.807) is 7.05 Å². The number of rotatable bonds is 6. The monoisotopic (exact) mass is 314 g/mol. The third-order valence-electron chi connectivity index (χ3n) is 2.74. The zero-order chi connectivity index (χ0) is 14.6. The standard InChI is InChI=1S/C13H15FN2O2S2/c1-15-8-11-6-12(2-3-13(11)14)20(17,18)16-7-10-4-5-19-9-10/h2-6,9,15-16H,7-8H2,1H3. The molecule has 0 radical (unpaired) electrons. The molecule has 2 N–H and O–H groups in total. The number of halogens is 1. The molecule has 0 saturated carbocycles. The molecule has 1 aromatic heterocycles. The van der Waals surface area contributed by atoms with Gasteiger partial charge in [-0.3, -0.25) is 0 Å². The SMILES string of the molecule is CNCc1cc(S(=O)(=O)NCc2ccsc2)ccc1F. The van der Waals surface area contributed by atoms with E-state index in [1.807, 2.05) is 16.8 Å². The van der Waals surface area contributed by atoms with Gasteiger partial charge in [0.05, 0.1) is 4.90 Å². The van der Waals surface area contributed by atoms with Gasteiger partial charge in [-0.1, -0.05) is 0 Å². The van der Waals surface area contributed by atoms with E-state index in [-0.39, 0.29) is 18.0 Å². The van der Waals surface area contributed by atoms with Crippen LogP contribution in [0.1, 0.15) is 11.1 Å². The molecule has 0 aliphatic rings. The van der Waals surface area contributed by atoms with Crippen LogP contribution >= 0.6 is 11.3 Å². The first-order chi connectivity index (χ1) is 9.53. The highest BCUT2D eigenvalue weighted by atomic mass is 32.2. The Morgan fingerprint density at radius 2 is 2.05 bits per heavy atom. The number of nitrogens with one attached hydrogen (secondary N) is 2. The number of hydrogen-bond donors (Lipinski definition) is 2. The van der Waals surface area contributed by atoms with Crippen molar-refractivity contribution in [1.29, 1.82) is 0 Å². The van der Waals surface area contributed by atoms with Gasteiger partial charge in [0.1, 0.15) is 5.82 Å². The highest BCUT2D eigenvalue weighted by Crippen LogP contribution is 2.16. The molecule has 20 heavy (non-hydrogen) atoms. The molecule has 4 nitrogen and oxygen atoms in total. The van der Waals surface area contributed by atoms with Gasteiger partial charge in [0.25, 0.3) is 0 Å². The van der Waals surface area contributed by atoms with Gasteiger partial charge in [0.2, 0.25) is 10.0 Å². The second-order valence-corrected chi connectivity index (χ2v) is 6.79. The molecule has 0 aliphatic carbocycles. The minimum atomic E-state index is -3.63. The van der Waals surface area contributed by atoms with E-state index in [4.69, 9.17) is 0 Å². The Morgan fingerprint density at radius 3 is 2.70 bits per heavy atom. The smallest absolute Gasteiger partial charge is 0.240 e. The van der Waals surface area contributed by atoms with Crippen LogP contribution in [0.2, 0.25) is 0 Å². The average Bonchev–Trinajstić information content (AvgIpc) is 2.92. The maximum absolute atomic E-state index is 13.5. The molecule has 1 heterocycles. The van der Waals surface area contributed by atoms with Crippen LogP contribution in [0.4, 0.5) is 4.39 Å². The first kappa shape index (κ1) is 15.1. The molecule has 0 atom stereocenters. The Morgan fingerprint density at radius 1 is 1.25 bits per heavy atom. The van der Waals surface area contributed by atoms with Crippen molar-refractivity contribution in [2.24, 2.45) is 0 Å². The van der Waals surface area contributed by atoms with Crippen LogP contribution in [0.5, 0.6) is 0 Å². The van der Waals surface area contributed by atoms with Gasteiger partial charge in [0.15, 0.2) is 0 Å². The third-order valence-corrected chi connectivity index (χ3v) is 4.87. The lowest BCUT2D eigenvalue weighted by Gasteiger charge is -2.08. The second-order valence-electron chi connectivity index (χ2n) is 4.24. The first-order valence-corrected chi connectivity index (χ1v) is 8.39. The van der Waals surface area contributed by atoms with Crippen molar-refractivity contribution in [1.82, 2.24) is 10.0 Å².